The molecule has 1 atom stereocenters. The van der Waals surface area contributed by atoms with Crippen LogP contribution in [0.2, 0.25) is 0 Å². The first kappa shape index (κ1) is 13.5. The van der Waals surface area contributed by atoms with Gasteiger partial charge in [-0.25, -0.2) is 4.79 Å². The molecule has 0 aliphatic heterocycles. The van der Waals surface area contributed by atoms with Crippen molar-refractivity contribution in [2.45, 2.75) is 18.7 Å². The number of alkyl halides is 3. The number of carbonyl (C=O) groups is 1. The first-order chi connectivity index (χ1) is 7.77. The summed E-state index contributed by atoms with van der Waals surface area (Å²) in [6.07, 6.45) is -5.04. The monoisotopic (exact) mass is 248 g/mol. The molecule has 0 aliphatic rings. The van der Waals surface area contributed by atoms with E-state index in [0.717, 1.165) is 13.2 Å². The number of hydrogen-bond donors (Lipinski definition) is 1. The molecule has 6 heteroatoms. The number of rotatable bonds is 3. The van der Waals surface area contributed by atoms with Crippen molar-refractivity contribution in [3.63, 3.8) is 0 Å². The second-order valence-corrected chi connectivity index (χ2v) is 3.50. The fourth-order valence-electron chi connectivity index (χ4n) is 1.67. The summed E-state index contributed by atoms with van der Waals surface area (Å²) in [6.45, 7) is 1.40. The quantitative estimate of drug-likeness (QED) is 0.893. The van der Waals surface area contributed by atoms with Gasteiger partial charge in [0.1, 0.15) is 0 Å². The van der Waals surface area contributed by atoms with E-state index < -0.39 is 23.3 Å². The molecule has 1 aromatic carbocycles. The maximum Gasteiger partial charge on any atom is 0.432 e. The van der Waals surface area contributed by atoms with Crippen molar-refractivity contribution in [1.29, 1.82) is 0 Å². The molecule has 0 aliphatic carbocycles. The summed E-state index contributed by atoms with van der Waals surface area (Å²) in [7, 11) is 0.730. The van der Waals surface area contributed by atoms with Gasteiger partial charge >= 0.3 is 12.1 Å². The van der Waals surface area contributed by atoms with Crippen LogP contribution in [-0.4, -0.2) is 24.4 Å². The Balaban J connectivity index is 3.55. The number of benzene rings is 1. The number of methoxy groups -OCH3 is 1. The fourth-order valence-corrected chi connectivity index (χ4v) is 1.67. The Morgan fingerprint density at radius 1 is 1.29 bits per heavy atom. The lowest BCUT2D eigenvalue weighted by Crippen LogP contribution is -2.51. The zero-order valence-electron chi connectivity index (χ0n) is 9.21. The Morgan fingerprint density at radius 3 is 2.18 bits per heavy atom. The van der Waals surface area contributed by atoms with Gasteiger partial charge in [-0.2, -0.15) is 13.2 Å². The van der Waals surface area contributed by atoms with Crippen LogP contribution in [0, 0.1) is 6.92 Å². The minimum atomic E-state index is -5.04. The lowest BCUT2D eigenvalue weighted by atomic mass is 9.89. The molecular weight excluding hydrogens is 237 g/mol. The van der Waals surface area contributed by atoms with Crippen LogP contribution in [0.3, 0.4) is 0 Å². The Morgan fingerprint density at radius 2 is 1.82 bits per heavy atom. The summed E-state index contributed by atoms with van der Waals surface area (Å²) in [6, 6.07) is 5.36. The van der Waals surface area contributed by atoms with E-state index in [2.05, 4.69) is 4.74 Å². The lowest BCUT2D eigenvalue weighted by molar-refractivity contribution is -0.274. The fraction of sp³-hybridized carbons (Fsp3) is 0.364. The summed E-state index contributed by atoms with van der Waals surface area (Å²) in [5.41, 5.74) is -3.53. The molecule has 0 fully saturated rings. The predicted molar refractivity (Wildman–Crippen MR) is 53.6 cm³/mol. The van der Waals surface area contributed by atoms with Crippen LogP contribution >= 0.6 is 0 Å². The minimum absolute atomic E-state index is 0.203. The number of hydrogen-bond acceptors (Lipinski definition) is 2. The Bertz CT molecular complexity index is 428. The first-order valence-corrected chi connectivity index (χ1v) is 4.68. The van der Waals surface area contributed by atoms with Gasteiger partial charge in [0.15, 0.2) is 0 Å². The number of aliphatic carboxylic acids is 1. The van der Waals surface area contributed by atoms with Gasteiger partial charge in [-0.05, 0) is 12.5 Å². The molecule has 0 saturated carbocycles. The van der Waals surface area contributed by atoms with Gasteiger partial charge in [0.05, 0.1) is 0 Å². The maximum absolute atomic E-state index is 13.0. The van der Waals surface area contributed by atoms with E-state index in [1.807, 2.05) is 0 Å². The number of halogens is 3. The van der Waals surface area contributed by atoms with Crippen molar-refractivity contribution in [3.05, 3.63) is 35.4 Å². The van der Waals surface area contributed by atoms with E-state index in [4.69, 9.17) is 5.11 Å². The van der Waals surface area contributed by atoms with Crippen LogP contribution in [0.5, 0.6) is 0 Å². The predicted octanol–water partition coefficient (Wildman–Crippen LogP) is 2.48. The second-order valence-electron chi connectivity index (χ2n) is 3.50. The van der Waals surface area contributed by atoms with Gasteiger partial charge < -0.3 is 9.84 Å². The van der Waals surface area contributed by atoms with E-state index in [0.29, 0.717) is 0 Å². The normalized spacial score (nSPS) is 15.4. The second kappa shape index (κ2) is 4.37. The molecule has 1 aromatic rings. The van der Waals surface area contributed by atoms with Crippen LogP contribution in [-0.2, 0) is 15.1 Å². The van der Waals surface area contributed by atoms with Crippen LogP contribution < -0.4 is 0 Å². The van der Waals surface area contributed by atoms with Crippen molar-refractivity contribution >= 4 is 5.97 Å². The summed E-state index contributed by atoms with van der Waals surface area (Å²) in [4.78, 5) is 11.0. The highest BCUT2D eigenvalue weighted by Crippen LogP contribution is 2.43. The molecule has 3 nitrogen and oxygen atoms in total. The minimum Gasteiger partial charge on any atom is -0.479 e. The van der Waals surface area contributed by atoms with Crippen LogP contribution in [0.1, 0.15) is 11.1 Å². The average molecular weight is 248 g/mol. The maximum atomic E-state index is 13.0. The van der Waals surface area contributed by atoms with Crippen molar-refractivity contribution in [2.24, 2.45) is 0 Å². The van der Waals surface area contributed by atoms with Crippen molar-refractivity contribution in [1.82, 2.24) is 0 Å². The standard InChI is InChI=1S/C11H11F3O3/c1-7-5-3-4-6-8(7)10(17-2,9(15)16)11(12,13)14/h3-6H,1-2H3,(H,15,16). The molecule has 0 heterocycles. The summed E-state index contributed by atoms with van der Waals surface area (Å²) in [5, 5.41) is 8.89. The summed E-state index contributed by atoms with van der Waals surface area (Å²) >= 11 is 0. The zero-order valence-corrected chi connectivity index (χ0v) is 9.21. The third kappa shape index (κ3) is 2.00. The molecule has 1 rings (SSSR count). The molecule has 1 N–H and O–H groups in total. The molecule has 17 heavy (non-hydrogen) atoms. The Hall–Kier alpha value is -1.56. The Labute approximate surface area is 95.8 Å². The smallest absolute Gasteiger partial charge is 0.432 e. The Kier molecular flexibility index (Phi) is 3.47. The number of aryl methyl sites for hydroxylation is 1. The van der Waals surface area contributed by atoms with Crippen molar-refractivity contribution < 1.29 is 27.8 Å². The van der Waals surface area contributed by atoms with Gasteiger partial charge in [0.25, 0.3) is 5.60 Å². The molecule has 1 unspecified atom stereocenters. The summed E-state index contributed by atoms with van der Waals surface area (Å²) < 4.78 is 43.3. The number of carboxylic acids is 1. The van der Waals surface area contributed by atoms with Gasteiger partial charge in [-0.1, -0.05) is 24.3 Å². The molecule has 0 saturated heterocycles. The van der Waals surface area contributed by atoms with Crippen molar-refractivity contribution in [2.75, 3.05) is 7.11 Å². The van der Waals surface area contributed by atoms with E-state index in [1.165, 1.54) is 25.1 Å². The van der Waals surface area contributed by atoms with E-state index in [1.54, 1.807) is 0 Å². The molecule has 0 amide bonds. The third-order valence-electron chi connectivity index (χ3n) is 2.53. The van der Waals surface area contributed by atoms with Gasteiger partial charge in [0.2, 0.25) is 0 Å². The molecule has 0 spiro atoms. The highest BCUT2D eigenvalue weighted by atomic mass is 19.4. The van der Waals surface area contributed by atoms with Gasteiger partial charge in [-0.15, -0.1) is 0 Å². The average Bonchev–Trinajstić information content (AvgIpc) is 2.19. The van der Waals surface area contributed by atoms with Crippen LogP contribution in [0.4, 0.5) is 13.2 Å². The highest BCUT2D eigenvalue weighted by Gasteiger charge is 2.63. The zero-order chi connectivity index (χ0) is 13.3. The molecule has 0 bridgehead atoms. The number of carboxylic acid groups (broad SMARTS) is 1. The highest BCUT2D eigenvalue weighted by molar-refractivity contribution is 5.81. The number of ether oxygens (including phenoxy) is 1. The van der Waals surface area contributed by atoms with Gasteiger partial charge in [0, 0.05) is 12.7 Å². The van der Waals surface area contributed by atoms with E-state index in [9.17, 15) is 18.0 Å². The van der Waals surface area contributed by atoms with Crippen LogP contribution in [0.15, 0.2) is 24.3 Å². The van der Waals surface area contributed by atoms with E-state index >= 15 is 0 Å². The molecule has 0 radical (unpaired) electrons. The molecular formula is C11H11F3O3. The lowest BCUT2D eigenvalue weighted by Gasteiger charge is -2.31. The first-order valence-electron chi connectivity index (χ1n) is 4.68. The van der Waals surface area contributed by atoms with E-state index in [-0.39, 0.29) is 5.56 Å². The van der Waals surface area contributed by atoms with Crippen molar-refractivity contribution in [3.8, 4) is 0 Å². The summed E-state index contributed by atoms with van der Waals surface area (Å²) in [5.74, 6) is -2.08. The SMILES string of the molecule is COC(C(=O)O)(c1ccccc1C)C(F)(F)F. The molecule has 0 aromatic heterocycles. The third-order valence-corrected chi connectivity index (χ3v) is 2.53. The molecule has 94 valence electrons. The largest absolute Gasteiger partial charge is 0.479 e. The van der Waals surface area contributed by atoms with Crippen LogP contribution in [0.25, 0.3) is 0 Å². The topological polar surface area (TPSA) is 46.5 Å². The van der Waals surface area contributed by atoms with Gasteiger partial charge in [-0.3, -0.25) is 0 Å².